The molecule has 1 fully saturated rings. The third kappa shape index (κ3) is 5.42. The minimum atomic E-state index is -0.800. The number of rotatable bonds is 4. The summed E-state index contributed by atoms with van der Waals surface area (Å²) >= 11 is 0. The first kappa shape index (κ1) is 19.3. The summed E-state index contributed by atoms with van der Waals surface area (Å²) in [6.07, 6.45) is 0.916. The van der Waals surface area contributed by atoms with Crippen LogP contribution in [0.5, 0.6) is 0 Å². The fourth-order valence-corrected chi connectivity index (χ4v) is 2.55. The van der Waals surface area contributed by atoms with E-state index in [1.54, 1.807) is 11.0 Å². The van der Waals surface area contributed by atoms with Crippen LogP contribution in [0.15, 0.2) is 12.7 Å². The van der Waals surface area contributed by atoms with Crippen molar-refractivity contribution < 1.29 is 19.1 Å². The summed E-state index contributed by atoms with van der Waals surface area (Å²) < 4.78 is 11.3. The Hall–Kier alpha value is -1.76. The molecular weight excluding hydrogens is 298 g/mol. The number of nitrogens with zero attached hydrogens (tertiary/aromatic N) is 1. The van der Waals surface area contributed by atoms with Crippen LogP contribution in [0, 0.1) is 0 Å². The predicted octanol–water partition coefficient (Wildman–Crippen LogP) is 2.23. The number of ether oxygens (including phenoxy) is 2. The lowest BCUT2D eigenvalue weighted by Crippen LogP contribution is -2.54. The molecule has 0 spiro atoms. The van der Waals surface area contributed by atoms with Gasteiger partial charge in [0, 0.05) is 13.1 Å². The van der Waals surface area contributed by atoms with E-state index in [2.05, 4.69) is 17.2 Å². The van der Waals surface area contributed by atoms with Gasteiger partial charge in [0.15, 0.2) is 0 Å². The third-order valence-electron chi connectivity index (χ3n) is 3.40. The largest absolute Gasteiger partial charge is 0.444 e. The molecule has 0 aromatic rings. The van der Waals surface area contributed by atoms with Gasteiger partial charge < -0.3 is 20.1 Å². The zero-order valence-corrected chi connectivity index (χ0v) is 14.9. The second-order valence-electron chi connectivity index (χ2n) is 7.07. The molecule has 1 saturated heterocycles. The van der Waals surface area contributed by atoms with E-state index < -0.39 is 17.4 Å². The Morgan fingerprint density at radius 2 is 1.96 bits per heavy atom. The van der Waals surface area contributed by atoms with Gasteiger partial charge in [-0.2, -0.15) is 0 Å². The molecule has 1 rings (SSSR count). The van der Waals surface area contributed by atoms with Crippen molar-refractivity contribution in [3.05, 3.63) is 12.7 Å². The number of carbonyl (C=O) groups excluding carboxylic acids is 2. The van der Waals surface area contributed by atoms with Crippen LogP contribution in [0.25, 0.3) is 0 Å². The van der Waals surface area contributed by atoms with Gasteiger partial charge in [-0.15, -0.1) is 6.58 Å². The quantitative estimate of drug-likeness (QED) is 0.776. The van der Waals surface area contributed by atoms with Gasteiger partial charge in [-0.05, 0) is 41.5 Å². The van der Waals surface area contributed by atoms with Crippen molar-refractivity contribution in [3.8, 4) is 0 Å². The Labute approximate surface area is 138 Å². The molecule has 7 nitrogen and oxygen atoms in total. The van der Waals surface area contributed by atoms with Crippen molar-refractivity contribution >= 4 is 12.1 Å². The molecule has 0 unspecified atom stereocenters. The molecule has 23 heavy (non-hydrogen) atoms. The van der Waals surface area contributed by atoms with Gasteiger partial charge in [0.2, 0.25) is 0 Å². The second kappa shape index (κ2) is 7.21. The van der Waals surface area contributed by atoms with E-state index in [4.69, 9.17) is 9.47 Å². The molecular formula is C16H29N3O4. The zero-order valence-electron chi connectivity index (χ0n) is 14.9. The smallest absolute Gasteiger partial charge is 0.412 e. The summed E-state index contributed by atoms with van der Waals surface area (Å²) in [5.74, 6) is 0. The van der Waals surface area contributed by atoms with E-state index >= 15 is 0 Å². The van der Waals surface area contributed by atoms with Gasteiger partial charge in [-0.25, -0.2) is 9.59 Å². The summed E-state index contributed by atoms with van der Waals surface area (Å²) in [5.41, 5.74) is -1.40. The molecule has 132 valence electrons. The summed E-state index contributed by atoms with van der Waals surface area (Å²) in [5, 5.41) is 5.38. The summed E-state index contributed by atoms with van der Waals surface area (Å²) in [4.78, 5) is 25.8. The van der Waals surface area contributed by atoms with E-state index in [1.807, 2.05) is 41.5 Å². The van der Waals surface area contributed by atoms with Crippen molar-refractivity contribution in [2.75, 3.05) is 13.1 Å². The maximum absolute atomic E-state index is 12.5. The number of amides is 3. The van der Waals surface area contributed by atoms with E-state index in [0.717, 1.165) is 0 Å². The fourth-order valence-electron chi connectivity index (χ4n) is 2.55. The number of hydrogen-bond acceptors (Lipinski definition) is 4. The molecule has 0 saturated carbocycles. The van der Waals surface area contributed by atoms with Crippen LogP contribution in [-0.4, -0.2) is 53.6 Å². The minimum absolute atomic E-state index is 0.225. The van der Waals surface area contributed by atoms with Crippen LogP contribution in [0.2, 0.25) is 0 Å². The highest BCUT2D eigenvalue weighted by Crippen LogP contribution is 2.33. The van der Waals surface area contributed by atoms with Crippen LogP contribution in [0.3, 0.4) is 0 Å². The predicted molar refractivity (Wildman–Crippen MR) is 88.1 cm³/mol. The lowest BCUT2D eigenvalue weighted by atomic mass is 10.1. The first-order valence-electron chi connectivity index (χ1n) is 7.80. The Bertz CT molecular complexity index is 457. The van der Waals surface area contributed by atoms with Gasteiger partial charge in [0.1, 0.15) is 11.3 Å². The second-order valence-corrected chi connectivity index (χ2v) is 7.07. The molecule has 3 amide bonds. The van der Waals surface area contributed by atoms with Gasteiger partial charge in [-0.1, -0.05) is 6.08 Å². The van der Waals surface area contributed by atoms with Crippen LogP contribution in [0.1, 0.15) is 41.5 Å². The highest BCUT2D eigenvalue weighted by molar-refractivity contribution is 5.74. The zero-order chi connectivity index (χ0) is 17.8. The SMILES string of the molecule is C=CCNC(=O)NC[C@H]1[C@H](C)OC(C)(C)N1C(=O)OC(C)(C)C. The Morgan fingerprint density at radius 1 is 1.35 bits per heavy atom. The number of hydrogen-bond donors (Lipinski definition) is 2. The molecule has 0 aliphatic carbocycles. The van der Waals surface area contributed by atoms with Crippen molar-refractivity contribution in [3.63, 3.8) is 0 Å². The number of urea groups is 1. The lowest BCUT2D eigenvalue weighted by Gasteiger charge is -2.35. The van der Waals surface area contributed by atoms with Crippen LogP contribution in [-0.2, 0) is 9.47 Å². The van der Waals surface area contributed by atoms with E-state index in [-0.39, 0.29) is 24.7 Å². The van der Waals surface area contributed by atoms with Gasteiger partial charge in [0.25, 0.3) is 0 Å². The molecule has 0 radical (unpaired) electrons. The highest BCUT2D eigenvalue weighted by atomic mass is 16.6. The van der Waals surface area contributed by atoms with Gasteiger partial charge in [-0.3, -0.25) is 4.90 Å². The monoisotopic (exact) mass is 327 g/mol. The summed E-state index contributed by atoms with van der Waals surface area (Å²) in [7, 11) is 0. The topological polar surface area (TPSA) is 79.9 Å². The van der Waals surface area contributed by atoms with Crippen molar-refractivity contribution in [1.29, 1.82) is 0 Å². The molecule has 2 N–H and O–H groups in total. The van der Waals surface area contributed by atoms with Crippen LogP contribution in [0.4, 0.5) is 9.59 Å². The summed E-state index contributed by atoms with van der Waals surface area (Å²) in [6, 6.07) is -0.625. The standard InChI is InChI=1S/C16H29N3O4/c1-8-9-17-13(20)18-10-12-11(2)22-16(6,7)19(12)14(21)23-15(3,4)5/h8,11-12H,1,9-10H2,2-7H3,(H2,17,18,20)/t11-,12-/m0/s1. The summed E-state index contributed by atoms with van der Waals surface area (Å²) in [6.45, 7) is 15.1. The Balaban J connectivity index is 2.79. The van der Waals surface area contributed by atoms with Gasteiger partial charge >= 0.3 is 12.1 Å². The number of nitrogens with one attached hydrogen (secondary N) is 2. The van der Waals surface area contributed by atoms with Gasteiger partial charge in [0.05, 0.1) is 12.1 Å². The molecule has 7 heteroatoms. The first-order valence-corrected chi connectivity index (χ1v) is 7.80. The number of carbonyl (C=O) groups is 2. The maximum Gasteiger partial charge on any atom is 0.412 e. The third-order valence-corrected chi connectivity index (χ3v) is 3.40. The molecule has 0 bridgehead atoms. The Kier molecular flexibility index (Phi) is 6.04. The van der Waals surface area contributed by atoms with Crippen LogP contribution >= 0.6 is 0 Å². The van der Waals surface area contributed by atoms with E-state index in [1.165, 1.54) is 0 Å². The average molecular weight is 327 g/mol. The lowest BCUT2D eigenvalue weighted by molar-refractivity contribution is -0.0756. The Morgan fingerprint density at radius 3 is 2.48 bits per heavy atom. The molecule has 1 heterocycles. The normalized spacial score (nSPS) is 23.3. The fraction of sp³-hybridized carbons (Fsp3) is 0.750. The first-order chi connectivity index (χ1) is 10.5. The van der Waals surface area contributed by atoms with E-state index in [9.17, 15) is 9.59 Å². The molecule has 0 aromatic carbocycles. The highest BCUT2D eigenvalue weighted by Gasteiger charge is 2.49. The van der Waals surface area contributed by atoms with Crippen molar-refractivity contribution in [2.24, 2.45) is 0 Å². The van der Waals surface area contributed by atoms with E-state index in [0.29, 0.717) is 6.54 Å². The molecule has 1 aliphatic rings. The molecule has 2 atom stereocenters. The average Bonchev–Trinajstić information content (AvgIpc) is 2.60. The molecule has 0 aromatic heterocycles. The van der Waals surface area contributed by atoms with Crippen molar-refractivity contribution in [1.82, 2.24) is 15.5 Å². The molecule has 1 aliphatic heterocycles. The van der Waals surface area contributed by atoms with Crippen molar-refractivity contribution in [2.45, 2.75) is 65.0 Å². The maximum atomic E-state index is 12.5. The minimum Gasteiger partial charge on any atom is -0.444 e. The van der Waals surface area contributed by atoms with Crippen LogP contribution < -0.4 is 10.6 Å².